The molecule has 2 N–H and O–H groups in total. The quantitative estimate of drug-likeness (QED) is 0.855. The molecule has 1 unspecified atom stereocenters. The average Bonchev–Trinajstić information content (AvgIpc) is 2.37. The fourth-order valence-corrected chi connectivity index (χ4v) is 2.66. The van der Waals surface area contributed by atoms with Crippen molar-refractivity contribution in [3.63, 3.8) is 0 Å². The maximum absolute atomic E-state index is 9.60. The summed E-state index contributed by atoms with van der Waals surface area (Å²) >= 11 is 9.39. The minimum Gasteiger partial charge on any atom is -0.394 e. The molecule has 0 saturated heterocycles. The van der Waals surface area contributed by atoms with Gasteiger partial charge in [0.15, 0.2) is 0 Å². The van der Waals surface area contributed by atoms with E-state index in [0.717, 1.165) is 21.3 Å². The third kappa shape index (κ3) is 3.72. The van der Waals surface area contributed by atoms with Crippen LogP contribution >= 0.6 is 27.5 Å². The molecule has 0 spiro atoms. The Morgan fingerprint density at radius 2 is 2.05 bits per heavy atom. The van der Waals surface area contributed by atoms with Crippen molar-refractivity contribution in [2.45, 2.75) is 13.0 Å². The minimum absolute atomic E-state index is 0.0228. The fourth-order valence-electron chi connectivity index (χ4n) is 2.03. The Balaban J connectivity index is 2.25. The molecule has 19 heavy (non-hydrogen) atoms. The molecule has 2 nitrogen and oxygen atoms in total. The van der Waals surface area contributed by atoms with E-state index < -0.39 is 0 Å². The number of rotatable bonds is 4. The molecule has 0 heterocycles. The molecule has 0 fully saturated rings. The minimum atomic E-state index is -0.147. The molecule has 0 aliphatic heterocycles. The Labute approximate surface area is 126 Å². The molecule has 0 bridgehead atoms. The molecule has 2 aromatic carbocycles. The van der Waals surface area contributed by atoms with Gasteiger partial charge in [0.25, 0.3) is 0 Å². The predicted octanol–water partition coefficient (Wildman–Crippen LogP) is 4.56. The van der Waals surface area contributed by atoms with Crippen molar-refractivity contribution in [1.82, 2.24) is 0 Å². The van der Waals surface area contributed by atoms with Gasteiger partial charge in [0.1, 0.15) is 0 Å². The van der Waals surface area contributed by atoms with Crippen LogP contribution in [0.4, 0.5) is 5.69 Å². The molecule has 100 valence electrons. The van der Waals surface area contributed by atoms with Gasteiger partial charge < -0.3 is 10.4 Å². The number of halogens is 2. The Hall–Kier alpha value is -1.03. The Kier molecular flexibility index (Phi) is 4.86. The van der Waals surface area contributed by atoms with Gasteiger partial charge in [-0.25, -0.2) is 0 Å². The summed E-state index contributed by atoms with van der Waals surface area (Å²) in [4.78, 5) is 0. The molecule has 2 aromatic rings. The van der Waals surface area contributed by atoms with Crippen LogP contribution in [0.15, 0.2) is 46.9 Å². The van der Waals surface area contributed by atoms with Crippen LogP contribution in [0.2, 0.25) is 5.02 Å². The summed E-state index contributed by atoms with van der Waals surface area (Å²) in [6.07, 6.45) is 0. The Bertz CT molecular complexity index is 574. The lowest BCUT2D eigenvalue weighted by atomic mass is 10.0. The molecule has 2 rings (SSSR count). The molecule has 0 aliphatic rings. The largest absolute Gasteiger partial charge is 0.394 e. The number of aryl methyl sites for hydroxylation is 1. The highest BCUT2D eigenvalue weighted by atomic mass is 79.9. The van der Waals surface area contributed by atoms with Crippen molar-refractivity contribution in [3.8, 4) is 0 Å². The van der Waals surface area contributed by atoms with E-state index in [0.29, 0.717) is 5.02 Å². The molecular formula is C15H15BrClNO. The molecule has 0 aliphatic carbocycles. The van der Waals surface area contributed by atoms with Gasteiger partial charge in [0, 0.05) is 15.2 Å². The van der Waals surface area contributed by atoms with Gasteiger partial charge >= 0.3 is 0 Å². The zero-order chi connectivity index (χ0) is 13.8. The highest BCUT2D eigenvalue weighted by molar-refractivity contribution is 9.10. The molecule has 4 heteroatoms. The summed E-state index contributed by atoms with van der Waals surface area (Å²) in [5, 5.41) is 13.6. The van der Waals surface area contributed by atoms with Crippen molar-refractivity contribution in [1.29, 1.82) is 0 Å². The van der Waals surface area contributed by atoms with Crippen molar-refractivity contribution in [2.24, 2.45) is 0 Å². The predicted molar refractivity (Wildman–Crippen MR) is 83.8 cm³/mol. The molecule has 0 aromatic heterocycles. The zero-order valence-electron chi connectivity index (χ0n) is 10.5. The van der Waals surface area contributed by atoms with Crippen LogP contribution in [-0.4, -0.2) is 11.7 Å². The maximum Gasteiger partial charge on any atom is 0.0747 e. The van der Waals surface area contributed by atoms with E-state index in [4.69, 9.17) is 11.6 Å². The number of aliphatic hydroxyl groups is 1. The lowest BCUT2D eigenvalue weighted by Crippen LogP contribution is -2.16. The smallest absolute Gasteiger partial charge is 0.0747 e. The lowest BCUT2D eigenvalue weighted by Gasteiger charge is -2.20. The van der Waals surface area contributed by atoms with Crippen LogP contribution in [0.3, 0.4) is 0 Å². The van der Waals surface area contributed by atoms with E-state index in [-0.39, 0.29) is 12.6 Å². The second-order valence-electron chi connectivity index (χ2n) is 4.39. The van der Waals surface area contributed by atoms with Gasteiger partial charge in [-0.1, -0.05) is 39.7 Å². The summed E-state index contributed by atoms with van der Waals surface area (Å²) in [7, 11) is 0. The van der Waals surface area contributed by atoms with Crippen LogP contribution < -0.4 is 5.32 Å². The molecule has 0 saturated carbocycles. The highest BCUT2D eigenvalue weighted by Gasteiger charge is 2.13. The standard InChI is InChI=1S/C15H15BrClNO/c1-10-7-12(17)5-6-14(10)15(9-19)18-13-4-2-3-11(16)8-13/h2-8,15,18-19H,9H2,1H3. The number of anilines is 1. The number of aliphatic hydroxyl groups excluding tert-OH is 1. The number of nitrogens with one attached hydrogen (secondary N) is 1. The Morgan fingerprint density at radius 3 is 2.68 bits per heavy atom. The third-order valence-corrected chi connectivity index (χ3v) is 3.68. The van der Waals surface area contributed by atoms with E-state index in [1.54, 1.807) is 0 Å². The second-order valence-corrected chi connectivity index (χ2v) is 5.74. The molecule has 1 atom stereocenters. The summed E-state index contributed by atoms with van der Waals surface area (Å²) in [6, 6.07) is 13.4. The van der Waals surface area contributed by atoms with Gasteiger partial charge in [-0.05, 0) is 48.4 Å². The number of hydrogen-bond donors (Lipinski definition) is 2. The van der Waals surface area contributed by atoms with Crippen LogP contribution in [0, 0.1) is 6.92 Å². The van der Waals surface area contributed by atoms with E-state index in [2.05, 4.69) is 21.2 Å². The van der Waals surface area contributed by atoms with Crippen LogP contribution in [-0.2, 0) is 0 Å². The van der Waals surface area contributed by atoms with Crippen LogP contribution in [0.5, 0.6) is 0 Å². The summed E-state index contributed by atoms with van der Waals surface area (Å²) in [5.74, 6) is 0. The summed E-state index contributed by atoms with van der Waals surface area (Å²) < 4.78 is 1.00. The van der Waals surface area contributed by atoms with Gasteiger partial charge in [0.2, 0.25) is 0 Å². The van der Waals surface area contributed by atoms with Gasteiger partial charge in [-0.15, -0.1) is 0 Å². The lowest BCUT2D eigenvalue weighted by molar-refractivity contribution is 0.276. The number of hydrogen-bond acceptors (Lipinski definition) is 2. The highest BCUT2D eigenvalue weighted by Crippen LogP contribution is 2.25. The van der Waals surface area contributed by atoms with Gasteiger partial charge in [-0.2, -0.15) is 0 Å². The van der Waals surface area contributed by atoms with E-state index in [1.165, 1.54) is 0 Å². The van der Waals surface area contributed by atoms with Crippen molar-refractivity contribution in [3.05, 3.63) is 63.1 Å². The Morgan fingerprint density at radius 1 is 1.26 bits per heavy atom. The van der Waals surface area contributed by atoms with Crippen LogP contribution in [0.1, 0.15) is 17.2 Å². The first-order chi connectivity index (χ1) is 9.10. The number of benzene rings is 2. The summed E-state index contributed by atoms with van der Waals surface area (Å²) in [6.45, 7) is 2.02. The molecule has 0 radical (unpaired) electrons. The first-order valence-corrected chi connectivity index (χ1v) is 7.16. The van der Waals surface area contributed by atoms with Crippen molar-refractivity contribution < 1.29 is 5.11 Å². The van der Waals surface area contributed by atoms with E-state index in [9.17, 15) is 5.11 Å². The van der Waals surface area contributed by atoms with Gasteiger partial charge in [0.05, 0.1) is 12.6 Å². The second kappa shape index (κ2) is 6.42. The summed E-state index contributed by atoms with van der Waals surface area (Å²) in [5.41, 5.74) is 3.07. The van der Waals surface area contributed by atoms with Crippen molar-refractivity contribution in [2.75, 3.05) is 11.9 Å². The third-order valence-electron chi connectivity index (χ3n) is 2.96. The fraction of sp³-hybridized carbons (Fsp3) is 0.200. The molecular weight excluding hydrogens is 326 g/mol. The van der Waals surface area contributed by atoms with E-state index >= 15 is 0 Å². The van der Waals surface area contributed by atoms with E-state index in [1.807, 2.05) is 49.4 Å². The average molecular weight is 341 g/mol. The normalized spacial score (nSPS) is 12.2. The van der Waals surface area contributed by atoms with Crippen molar-refractivity contribution >= 4 is 33.2 Å². The van der Waals surface area contributed by atoms with Gasteiger partial charge in [-0.3, -0.25) is 0 Å². The maximum atomic E-state index is 9.60. The van der Waals surface area contributed by atoms with Crippen LogP contribution in [0.25, 0.3) is 0 Å². The zero-order valence-corrected chi connectivity index (χ0v) is 12.9. The topological polar surface area (TPSA) is 32.3 Å². The first kappa shape index (κ1) is 14.4. The molecule has 0 amide bonds. The SMILES string of the molecule is Cc1cc(Cl)ccc1C(CO)Nc1cccc(Br)c1. The first-order valence-electron chi connectivity index (χ1n) is 5.99. The monoisotopic (exact) mass is 339 g/mol.